The third-order valence-electron chi connectivity index (χ3n) is 9.17. The second-order valence-electron chi connectivity index (χ2n) is 11.8. The third-order valence-corrected chi connectivity index (χ3v) is 9.17. The molecule has 0 spiro atoms. The van der Waals surface area contributed by atoms with Crippen LogP contribution in [0.25, 0.3) is 49.0 Å². The van der Waals surface area contributed by atoms with E-state index in [1.165, 1.54) is 65.8 Å². The average Bonchev–Trinajstić information content (AvgIpc) is 3.29. The van der Waals surface area contributed by atoms with Crippen molar-refractivity contribution in [3.63, 3.8) is 0 Å². The SMILES string of the molecule is C1=C2C=C(C3=CCCC=C3)C=CC=1N(c1ccc3c4ccccc4c4ccccc4c3c1)c1ccc(-c3ccccc3)cc12. The van der Waals surface area contributed by atoms with Gasteiger partial charge in [-0.3, -0.25) is 0 Å². The van der Waals surface area contributed by atoms with Crippen molar-refractivity contribution in [2.75, 3.05) is 4.90 Å². The Hall–Kier alpha value is -5.62. The molecule has 206 valence electrons. The number of hydrogen-bond donors (Lipinski definition) is 0. The highest BCUT2D eigenvalue weighted by Crippen LogP contribution is 2.45. The van der Waals surface area contributed by atoms with E-state index in [9.17, 15) is 0 Å². The Morgan fingerprint density at radius 1 is 0.523 bits per heavy atom. The summed E-state index contributed by atoms with van der Waals surface area (Å²) >= 11 is 0. The van der Waals surface area contributed by atoms with E-state index in [2.05, 4.69) is 162 Å². The number of benzene rings is 6. The van der Waals surface area contributed by atoms with Crippen LogP contribution in [0.5, 0.6) is 0 Å². The second-order valence-corrected chi connectivity index (χ2v) is 11.8. The second kappa shape index (κ2) is 9.99. The Balaban J connectivity index is 1.28. The monoisotopic (exact) mass is 559 g/mol. The molecular formula is C43H29N. The quantitative estimate of drug-likeness (QED) is 0.154. The molecule has 1 aliphatic heterocycles. The van der Waals surface area contributed by atoms with Gasteiger partial charge < -0.3 is 4.90 Å². The van der Waals surface area contributed by atoms with Gasteiger partial charge in [0.25, 0.3) is 0 Å². The van der Waals surface area contributed by atoms with Gasteiger partial charge in [0.15, 0.2) is 0 Å². The maximum atomic E-state index is 3.83. The maximum Gasteiger partial charge on any atom is 0.0897 e. The van der Waals surface area contributed by atoms with Crippen LogP contribution in [0.15, 0.2) is 174 Å². The van der Waals surface area contributed by atoms with Crippen molar-refractivity contribution < 1.29 is 0 Å². The van der Waals surface area contributed by atoms with Crippen molar-refractivity contribution in [2.24, 2.45) is 0 Å². The summed E-state index contributed by atoms with van der Waals surface area (Å²) in [6.07, 6.45) is 15.9. The van der Waals surface area contributed by atoms with Crippen LogP contribution in [-0.4, -0.2) is 0 Å². The molecule has 1 nitrogen and oxygen atoms in total. The first-order valence-corrected chi connectivity index (χ1v) is 15.4. The Kier molecular flexibility index (Phi) is 5.66. The molecule has 2 aliphatic carbocycles. The summed E-state index contributed by atoms with van der Waals surface area (Å²) in [6.45, 7) is 0. The van der Waals surface area contributed by atoms with Crippen molar-refractivity contribution in [1.29, 1.82) is 0 Å². The van der Waals surface area contributed by atoms with Crippen LogP contribution in [0.1, 0.15) is 18.4 Å². The highest BCUT2D eigenvalue weighted by Gasteiger charge is 2.25. The molecule has 3 aliphatic rings. The van der Waals surface area contributed by atoms with Crippen molar-refractivity contribution in [2.45, 2.75) is 12.8 Å². The zero-order valence-electron chi connectivity index (χ0n) is 24.3. The number of anilines is 2. The minimum atomic E-state index is 1.05. The van der Waals surface area contributed by atoms with Crippen LogP contribution < -0.4 is 4.90 Å². The van der Waals surface area contributed by atoms with Crippen molar-refractivity contribution >= 4 is 49.3 Å². The summed E-state index contributed by atoms with van der Waals surface area (Å²) in [4.78, 5) is 2.38. The summed E-state index contributed by atoms with van der Waals surface area (Å²) < 4.78 is 0. The molecule has 1 heterocycles. The van der Waals surface area contributed by atoms with Gasteiger partial charge in [0.05, 0.1) is 11.4 Å². The van der Waals surface area contributed by atoms with Crippen molar-refractivity contribution in [1.82, 2.24) is 0 Å². The molecule has 0 saturated heterocycles. The third kappa shape index (κ3) is 3.95. The van der Waals surface area contributed by atoms with Crippen LogP contribution in [0.4, 0.5) is 11.4 Å². The van der Waals surface area contributed by atoms with Gasteiger partial charge in [-0.15, -0.1) is 0 Å². The van der Waals surface area contributed by atoms with E-state index in [1.54, 1.807) is 0 Å². The zero-order chi connectivity index (χ0) is 29.0. The fourth-order valence-electron chi connectivity index (χ4n) is 7.07. The summed E-state index contributed by atoms with van der Waals surface area (Å²) in [5, 5.41) is 7.70. The molecule has 0 unspecified atom stereocenters. The average molecular weight is 560 g/mol. The fraction of sp³-hybridized carbons (Fsp3) is 0.0465. The van der Waals surface area contributed by atoms with E-state index in [0.29, 0.717) is 0 Å². The van der Waals surface area contributed by atoms with E-state index in [4.69, 9.17) is 0 Å². The summed E-state index contributed by atoms with van der Waals surface area (Å²) in [7, 11) is 0. The molecule has 6 aromatic rings. The molecular weight excluding hydrogens is 530 g/mol. The van der Waals surface area contributed by atoms with E-state index in [-0.39, 0.29) is 0 Å². The largest absolute Gasteiger partial charge is 0.303 e. The van der Waals surface area contributed by atoms with Gasteiger partial charge in [0.2, 0.25) is 0 Å². The lowest BCUT2D eigenvalue weighted by atomic mass is 9.92. The van der Waals surface area contributed by atoms with Gasteiger partial charge in [-0.25, -0.2) is 0 Å². The van der Waals surface area contributed by atoms with Crippen LogP contribution in [-0.2, 0) is 0 Å². The van der Waals surface area contributed by atoms with E-state index in [0.717, 1.165) is 29.8 Å². The predicted octanol–water partition coefficient (Wildman–Crippen LogP) is 11.6. The molecule has 9 rings (SSSR count). The highest BCUT2D eigenvalue weighted by molar-refractivity contribution is 6.25. The minimum absolute atomic E-state index is 1.05. The lowest BCUT2D eigenvalue weighted by molar-refractivity contribution is 1.02. The minimum Gasteiger partial charge on any atom is -0.303 e. The van der Waals surface area contributed by atoms with Crippen LogP contribution >= 0.6 is 0 Å². The number of rotatable bonds is 3. The first kappa shape index (κ1) is 24.9. The first-order chi connectivity index (χ1) is 21.8. The molecule has 1 heteroatoms. The zero-order valence-corrected chi connectivity index (χ0v) is 24.3. The molecule has 0 atom stereocenters. The van der Waals surface area contributed by atoms with E-state index in [1.807, 2.05) is 0 Å². The smallest absolute Gasteiger partial charge is 0.0897 e. The molecule has 0 radical (unpaired) electrons. The van der Waals surface area contributed by atoms with Crippen molar-refractivity contribution in [3.05, 3.63) is 180 Å². The Morgan fingerprint density at radius 3 is 1.95 bits per heavy atom. The van der Waals surface area contributed by atoms with Gasteiger partial charge in [0, 0.05) is 16.8 Å². The Morgan fingerprint density at radius 2 is 1.23 bits per heavy atom. The molecule has 0 N–H and O–H groups in total. The summed E-state index contributed by atoms with van der Waals surface area (Å²) in [5.74, 6) is 0. The number of hydrogen-bond acceptors (Lipinski definition) is 1. The lowest BCUT2D eigenvalue weighted by Gasteiger charge is -2.30. The lowest BCUT2D eigenvalue weighted by Crippen LogP contribution is -2.18. The summed E-state index contributed by atoms with van der Waals surface area (Å²) in [6, 6.07) is 42.1. The number of fused-ring (bicyclic) bond motifs is 8. The highest BCUT2D eigenvalue weighted by atomic mass is 15.2. The Labute approximate surface area is 257 Å². The Bertz CT molecular complexity index is 2320. The van der Waals surface area contributed by atoms with Gasteiger partial charge in [0.1, 0.15) is 0 Å². The van der Waals surface area contributed by atoms with Gasteiger partial charge in [-0.05, 0) is 104 Å². The topological polar surface area (TPSA) is 3.24 Å². The van der Waals surface area contributed by atoms with E-state index >= 15 is 0 Å². The molecule has 0 aromatic heterocycles. The molecule has 44 heavy (non-hydrogen) atoms. The normalized spacial score (nSPS) is 15.5. The number of allylic oxidation sites excluding steroid dienone is 8. The van der Waals surface area contributed by atoms with Gasteiger partial charge >= 0.3 is 0 Å². The van der Waals surface area contributed by atoms with Gasteiger partial charge in [-0.1, -0.05) is 121 Å². The van der Waals surface area contributed by atoms with Crippen LogP contribution in [0.3, 0.4) is 0 Å². The number of nitrogens with zero attached hydrogens (tertiary/aromatic N) is 1. The first-order valence-electron chi connectivity index (χ1n) is 15.4. The molecule has 6 aromatic carbocycles. The predicted molar refractivity (Wildman–Crippen MR) is 187 cm³/mol. The molecule has 0 amide bonds. The standard InChI is InChI=1S/C43H29N/c1-3-11-29(12-4-1)31-19-21-34-26-33(25-31)41-27-32(30-13-5-2-6-14-30)20-24-43(41)44(34)35-22-23-40-38-17-8-7-15-36(38)37-16-9-10-18-39(37)42(40)28-35/h2-3,5-25,27-28H,1,4H2. The fourth-order valence-corrected chi connectivity index (χ4v) is 7.07. The van der Waals surface area contributed by atoms with E-state index < -0.39 is 0 Å². The molecule has 2 bridgehead atoms. The van der Waals surface area contributed by atoms with Crippen molar-refractivity contribution in [3.8, 4) is 11.1 Å². The molecule has 0 fully saturated rings. The van der Waals surface area contributed by atoms with Crippen LogP contribution in [0, 0.1) is 0 Å². The van der Waals surface area contributed by atoms with Gasteiger partial charge in [-0.2, -0.15) is 0 Å². The van der Waals surface area contributed by atoms with Crippen LogP contribution in [0.2, 0.25) is 0 Å². The summed E-state index contributed by atoms with van der Waals surface area (Å²) in [5.41, 5.74) is 14.5. The molecule has 0 saturated carbocycles. The maximum absolute atomic E-state index is 3.83.